The fraction of sp³-hybridized carbons (Fsp3) is 0.714. The number of piperidine rings is 1. The third-order valence-corrected chi connectivity index (χ3v) is 7.32. The van der Waals surface area contributed by atoms with Crippen LogP contribution >= 0.6 is 0 Å². The largest absolute Gasteiger partial charge is 0.493 e. The van der Waals surface area contributed by atoms with Gasteiger partial charge >= 0.3 is 0 Å². The average molecular weight is 345 g/mol. The molecule has 1 N–H and O–H groups in total. The number of methoxy groups -OCH3 is 1. The Hall–Kier alpha value is -1.26. The second-order valence-corrected chi connectivity index (χ2v) is 8.30. The summed E-state index contributed by atoms with van der Waals surface area (Å²) in [6, 6.07) is 0.150. The minimum absolute atomic E-state index is 0.0636. The zero-order valence-corrected chi connectivity index (χ0v) is 15.7. The average Bonchev–Trinajstić information content (AvgIpc) is 2.90. The number of aliphatic hydroxyl groups is 1. The van der Waals surface area contributed by atoms with Crippen molar-refractivity contribution in [1.82, 2.24) is 4.90 Å². The van der Waals surface area contributed by atoms with E-state index in [9.17, 15) is 5.11 Å². The second kappa shape index (κ2) is 5.88. The van der Waals surface area contributed by atoms with Gasteiger partial charge in [-0.15, -0.1) is 6.58 Å². The molecule has 2 saturated heterocycles. The SMILES string of the molecule is C=CCN1CC[C@@]23C4C(=C(OC)C=CC4C[C@@H]1[C@@]2(C)O)O[C@H]3CCC. The van der Waals surface area contributed by atoms with Gasteiger partial charge in [0.2, 0.25) is 0 Å². The van der Waals surface area contributed by atoms with Crippen LogP contribution in [0.1, 0.15) is 39.5 Å². The van der Waals surface area contributed by atoms with E-state index >= 15 is 0 Å². The van der Waals surface area contributed by atoms with Gasteiger partial charge in [-0.05, 0) is 44.7 Å². The Morgan fingerprint density at radius 3 is 3.00 bits per heavy atom. The molecule has 1 saturated carbocycles. The van der Waals surface area contributed by atoms with Crippen LogP contribution in [0.15, 0.2) is 36.3 Å². The van der Waals surface area contributed by atoms with E-state index in [0.29, 0.717) is 5.92 Å². The van der Waals surface area contributed by atoms with Crippen LogP contribution in [0.2, 0.25) is 0 Å². The van der Waals surface area contributed by atoms with Crippen LogP contribution in [0.3, 0.4) is 0 Å². The number of fused-ring (bicyclic) bond motifs is 1. The number of nitrogens with zero attached hydrogens (tertiary/aromatic N) is 1. The molecule has 0 amide bonds. The number of allylic oxidation sites excluding steroid dienone is 3. The third kappa shape index (κ3) is 2.07. The van der Waals surface area contributed by atoms with Crippen LogP contribution in [-0.2, 0) is 9.47 Å². The Labute approximate surface area is 151 Å². The normalized spacial score (nSPS) is 45.1. The van der Waals surface area contributed by atoms with Gasteiger partial charge in [0.05, 0.1) is 12.7 Å². The molecule has 25 heavy (non-hydrogen) atoms. The summed E-state index contributed by atoms with van der Waals surface area (Å²) in [4.78, 5) is 2.42. The van der Waals surface area contributed by atoms with Crippen LogP contribution in [0.5, 0.6) is 0 Å². The Kier molecular flexibility index (Phi) is 4.04. The Bertz CT molecular complexity index is 623. The first-order chi connectivity index (χ1) is 12.0. The van der Waals surface area contributed by atoms with Crippen LogP contribution in [0.4, 0.5) is 0 Å². The Morgan fingerprint density at radius 1 is 1.52 bits per heavy atom. The summed E-state index contributed by atoms with van der Waals surface area (Å²) in [5, 5.41) is 11.9. The number of likely N-dealkylation sites (tertiary alicyclic amines) is 1. The van der Waals surface area contributed by atoms with E-state index in [1.165, 1.54) is 0 Å². The molecule has 2 unspecified atom stereocenters. The number of hydrogen-bond donors (Lipinski definition) is 1. The van der Waals surface area contributed by atoms with E-state index in [0.717, 1.165) is 50.3 Å². The maximum absolute atomic E-state index is 11.9. The van der Waals surface area contributed by atoms with E-state index in [1.54, 1.807) is 7.11 Å². The summed E-state index contributed by atoms with van der Waals surface area (Å²) in [7, 11) is 1.71. The fourth-order valence-corrected chi connectivity index (χ4v) is 6.30. The van der Waals surface area contributed by atoms with Crippen molar-refractivity contribution < 1.29 is 14.6 Å². The molecular formula is C21H31NO3. The summed E-state index contributed by atoms with van der Waals surface area (Å²) in [5.41, 5.74) is -1.00. The van der Waals surface area contributed by atoms with Crippen molar-refractivity contribution in [2.24, 2.45) is 17.3 Å². The van der Waals surface area contributed by atoms with E-state index in [2.05, 4.69) is 37.5 Å². The summed E-state index contributed by atoms with van der Waals surface area (Å²) >= 11 is 0. The summed E-state index contributed by atoms with van der Waals surface area (Å²) < 4.78 is 12.2. The minimum Gasteiger partial charge on any atom is -0.493 e. The van der Waals surface area contributed by atoms with Crippen LogP contribution in [0.25, 0.3) is 0 Å². The molecule has 0 aromatic rings. The van der Waals surface area contributed by atoms with Gasteiger partial charge in [0.1, 0.15) is 11.9 Å². The van der Waals surface area contributed by atoms with Gasteiger partial charge < -0.3 is 14.6 Å². The first-order valence-corrected chi connectivity index (χ1v) is 9.71. The van der Waals surface area contributed by atoms with Gasteiger partial charge in [0, 0.05) is 23.9 Å². The molecule has 138 valence electrons. The molecule has 0 radical (unpaired) electrons. The van der Waals surface area contributed by atoms with Crippen LogP contribution < -0.4 is 0 Å². The van der Waals surface area contributed by atoms with Crippen LogP contribution in [-0.4, -0.2) is 48.0 Å². The maximum Gasteiger partial charge on any atom is 0.156 e. The molecule has 3 fully saturated rings. The highest BCUT2D eigenvalue weighted by Crippen LogP contribution is 2.67. The topological polar surface area (TPSA) is 41.9 Å². The number of ether oxygens (including phenoxy) is 2. The second-order valence-electron chi connectivity index (χ2n) is 8.30. The summed E-state index contributed by atoms with van der Waals surface area (Å²) in [6.45, 7) is 10.0. The van der Waals surface area contributed by atoms with E-state index in [-0.39, 0.29) is 23.5 Å². The quantitative estimate of drug-likeness (QED) is 0.777. The lowest BCUT2D eigenvalue weighted by atomic mass is 9.47. The zero-order valence-electron chi connectivity index (χ0n) is 15.7. The minimum atomic E-state index is -0.777. The smallest absolute Gasteiger partial charge is 0.156 e. The highest BCUT2D eigenvalue weighted by atomic mass is 16.5. The standard InChI is InChI=1S/C21H31NO3/c1-5-7-17-21-10-12-22(11-6-2)16(20(21,3)23)13-14-8-9-15(24-4)19(25-17)18(14)21/h6,8-9,14,16-18,23H,2,5,7,10-13H2,1,3-4H3/t14?,16-,17+,18?,20-,21-/m1/s1. The zero-order chi connectivity index (χ0) is 17.8. The van der Waals surface area contributed by atoms with Crippen molar-refractivity contribution in [2.45, 2.75) is 57.3 Å². The first kappa shape index (κ1) is 17.2. The molecule has 2 aliphatic carbocycles. The molecule has 4 nitrogen and oxygen atoms in total. The molecule has 2 bridgehead atoms. The first-order valence-electron chi connectivity index (χ1n) is 9.71. The number of rotatable bonds is 5. The van der Waals surface area contributed by atoms with Gasteiger partial charge in [0.15, 0.2) is 5.76 Å². The van der Waals surface area contributed by atoms with Gasteiger partial charge in [-0.3, -0.25) is 4.90 Å². The van der Waals surface area contributed by atoms with Crippen molar-refractivity contribution in [3.05, 3.63) is 36.3 Å². The van der Waals surface area contributed by atoms with E-state index in [4.69, 9.17) is 9.47 Å². The predicted octanol–water partition coefficient (Wildman–Crippen LogP) is 3.25. The lowest BCUT2D eigenvalue weighted by molar-refractivity contribution is -0.222. The molecular weight excluding hydrogens is 314 g/mol. The predicted molar refractivity (Wildman–Crippen MR) is 97.8 cm³/mol. The molecule has 6 atom stereocenters. The molecule has 0 aromatic carbocycles. The highest BCUT2D eigenvalue weighted by Gasteiger charge is 2.72. The Morgan fingerprint density at radius 2 is 2.32 bits per heavy atom. The van der Waals surface area contributed by atoms with Gasteiger partial charge in [-0.2, -0.15) is 0 Å². The van der Waals surface area contributed by atoms with Crippen molar-refractivity contribution in [1.29, 1.82) is 0 Å². The highest BCUT2D eigenvalue weighted by molar-refractivity contribution is 5.37. The van der Waals surface area contributed by atoms with Crippen molar-refractivity contribution in [2.75, 3.05) is 20.2 Å². The summed E-state index contributed by atoms with van der Waals surface area (Å²) in [6.07, 6.45) is 10.4. The molecule has 0 aromatic heterocycles. The number of hydrogen-bond acceptors (Lipinski definition) is 4. The molecule has 4 aliphatic rings. The van der Waals surface area contributed by atoms with E-state index < -0.39 is 5.60 Å². The van der Waals surface area contributed by atoms with Gasteiger partial charge in [-0.25, -0.2) is 0 Å². The maximum atomic E-state index is 11.9. The Balaban J connectivity index is 1.84. The molecule has 2 aliphatic heterocycles. The van der Waals surface area contributed by atoms with E-state index in [1.807, 2.05) is 6.08 Å². The van der Waals surface area contributed by atoms with Crippen molar-refractivity contribution in [3.63, 3.8) is 0 Å². The molecule has 4 heteroatoms. The molecule has 4 rings (SSSR count). The van der Waals surface area contributed by atoms with Gasteiger partial charge in [0.25, 0.3) is 0 Å². The summed E-state index contributed by atoms with van der Waals surface area (Å²) in [5.74, 6) is 2.49. The van der Waals surface area contributed by atoms with Crippen molar-refractivity contribution in [3.8, 4) is 0 Å². The molecule has 2 heterocycles. The lowest BCUT2D eigenvalue weighted by Gasteiger charge is -2.63. The lowest BCUT2D eigenvalue weighted by Crippen LogP contribution is -2.73. The molecule has 1 spiro atoms. The third-order valence-electron chi connectivity index (χ3n) is 7.32. The van der Waals surface area contributed by atoms with Crippen molar-refractivity contribution >= 4 is 0 Å². The van der Waals surface area contributed by atoms with Gasteiger partial charge in [-0.1, -0.05) is 25.5 Å². The fourth-order valence-electron chi connectivity index (χ4n) is 6.30. The monoisotopic (exact) mass is 345 g/mol. The van der Waals surface area contributed by atoms with Crippen LogP contribution in [0, 0.1) is 17.3 Å².